The third-order valence-electron chi connectivity index (χ3n) is 6.03. The van der Waals surface area contributed by atoms with Crippen LogP contribution >= 0.6 is 0 Å². The fourth-order valence-corrected chi connectivity index (χ4v) is 4.38. The highest BCUT2D eigenvalue weighted by atomic mass is 16.2. The van der Waals surface area contributed by atoms with Gasteiger partial charge in [0.15, 0.2) is 0 Å². The summed E-state index contributed by atoms with van der Waals surface area (Å²) in [7, 11) is 0. The van der Waals surface area contributed by atoms with Crippen LogP contribution in [0.2, 0.25) is 0 Å². The molecular weight excluding hydrogens is 324 g/mol. The van der Waals surface area contributed by atoms with Crippen LogP contribution in [0.25, 0.3) is 0 Å². The zero-order chi connectivity index (χ0) is 18.7. The van der Waals surface area contributed by atoms with Crippen molar-refractivity contribution in [2.75, 3.05) is 18.4 Å². The summed E-state index contributed by atoms with van der Waals surface area (Å²) in [4.78, 5) is 27.4. The van der Waals surface area contributed by atoms with E-state index in [9.17, 15) is 9.59 Å². The van der Waals surface area contributed by atoms with Gasteiger partial charge >= 0.3 is 0 Å². The molecule has 0 spiro atoms. The lowest BCUT2D eigenvalue weighted by atomic mass is 9.80. The minimum absolute atomic E-state index is 0.0289. The quantitative estimate of drug-likeness (QED) is 0.877. The van der Waals surface area contributed by atoms with Crippen molar-refractivity contribution in [3.05, 3.63) is 29.3 Å². The Morgan fingerprint density at radius 1 is 0.885 bits per heavy atom. The van der Waals surface area contributed by atoms with Crippen molar-refractivity contribution < 1.29 is 9.59 Å². The first kappa shape index (κ1) is 18.9. The summed E-state index contributed by atoms with van der Waals surface area (Å²) >= 11 is 0. The summed E-state index contributed by atoms with van der Waals surface area (Å²) in [5.74, 6) is 1.32. The molecule has 142 valence electrons. The van der Waals surface area contributed by atoms with Gasteiger partial charge in [-0.2, -0.15) is 0 Å². The summed E-state index contributed by atoms with van der Waals surface area (Å²) in [6, 6.07) is 6.13. The van der Waals surface area contributed by atoms with Crippen molar-refractivity contribution in [3.63, 3.8) is 0 Å². The molecule has 1 N–H and O–H groups in total. The molecule has 1 aromatic rings. The van der Waals surface area contributed by atoms with Crippen LogP contribution < -0.4 is 5.32 Å². The van der Waals surface area contributed by atoms with Gasteiger partial charge in [0.05, 0.1) is 0 Å². The van der Waals surface area contributed by atoms with E-state index in [1.807, 2.05) is 26.0 Å². The molecule has 1 aromatic carbocycles. The molecule has 1 aliphatic heterocycles. The van der Waals surface area contributed by atoms with Crippen LogP contribution in [-0.2, 0) is 9.59 Å². The Morgan fingerprint density at radius 3 is 2.00 bits per heavy atom. The summed E-state index contributed by atoms with van der Waals surface area (Å²) < 4.78 is 0. The number of anilines is 1. The topological polar surface area (TPSA) is 49.4 Å². The first-order valence-electron chi connectivity index (χ1n) is 10.1. The smallest absolute Gasteiger partial charge is 0.227 e. The molecule has 26 heavy (non-hydrogen) atoms. The third kappa shape index (κ3) is 4.66. The monoisotopic (exact) mass is 356 g/mol. The van der Waals surface area contributed by atoms with Crippen molar-refractivity contribution in [1.29, 1.82) is 0 Å². The number of piperidine rings is 1. The van der Waals surface area contributed by atoms with Crippen LogP contribution in [0.1, 0.15) is 56.6 Å². The van der Waals surface area contributed by atoms with Gasteiger partial charge in [-0.25, -0.2) is 0 Å². The first-order chi connectivity index (χ1) is 12.4. The van der Waals surface area contributed by atoms with E-state index in [0.29, 0.717) is 5.91 Å². The van der Waals surface area contributed by atoms with E-state index in [1.165, 1.54) is 0 Å². The highest BCUT2D eigenvalue weighted by Gasteiger charge is 2.33. The molecule has 3 rings (SSSR count). The molecule has 1 saturated carbocycles. The maximum atomic E-state index is 12.7. The number of hydrogen-bond acceptors (Lipinski definition) is 2. The standard InChI is InChI=1S/C22H32N2O2/c1-15-8-10-24(11-9-15)22(26)19-6-4-18(5-7-19)21(25)23-20-13-16(2)12-17(3)14-20/h12-15,18-19H,4-11H2,1-3H3,(H,23,25). The fraction of sp³-hybridized carbons (Fsp3) is 0.636. The predicted molar refractivity (Wildman–Crippen MR) is 105 cm³/mol. The van der Waals surface area contributed by atoms with E-state index in [4.69, 9.17) is 0 Å². The third-order valence-corrected chi connectivity index (χ3v) is 6.03. The number of amides is 2. The number of carbonyl (C=O) groups is 2. The van der Waals surface area contributed by atoms with Crippen LogP contribution in [0, 0.1) is 31.6 Å². The number of carbonyl (C=O) groups excluding carboxylic acids is 2. The molecule has 1 heterocycles. The fourth-order valence-electron chi connectivity index (χ4n) is 4.38. The minimum Gasteiger partial charge on any atom is -0.342 e. The number of likely N-dealkylation sites (tertiary alicyclic amines) is 1. The molecule has 4 heteroatoms. The Morgan fingerprint density at radius 2 is 1.42 bits per heavy atom. The molecule has 2 aliphatic rings. The molecule has 0 atom stereocenters. The zero-order valence-electron chi connectivity index (χ0n) is 16.4. The van der Waals surface area contributed by atoms with Crippen LogP contribution in [0.4, 0.5) is 5.69 Å². The van der Waals surface area contributed by atoms with E-state index in [-0.39, 0.29) is 17.7 Å². The highest BCUT2D eigenvalue weighted by Crippen LogP contribution is 2.32. The van der Waals surface area contributed by atoms with Crippen molar-refractivity contribution in [1.82, 2.24) is 4.90 Å². The van der Waals surface area contributed by atoms with Crippen molar-refractivity contribution in [3.8, 4) is 0 Å². The summed E-state index contributed by atoms with van der Waals surface area (Å²) in [5.41, 5.74) is 3.20. The average Bonchev–Trinajstić information content (AvgIpc) is 2.61. The van der Waals surface area contributed by atoms with Gasteiger partial charge in [-0.3, -0.25) is 9.59 Å². The van der Waals surface area contributed by atoms with Crippen molar-refractivity contribution in [2.45, 2.75) is 59.3 Å². The lowest BCUT2D eigenvalue weighted by Gasteiger charge is -2.35. The van der Waals surface area contributed by atoms with Gasteiger partial charge in [-0.1, -0.05) is 13.0 Å². The maximum absolute atomic E-state index is 12.7. The molecule has 1 aliphatic carbocycles. The Balaban J connectivity index is 1.50. The summed E-state index contributed by atoms with van der Waals surface area (Å²) in [5, 5.41) is 3.07. The van der Waals surface area contributed by atoms with Gasteiger partial charge in [0.25, 0.3) is 0 Å². The summed E-state index contributed by atoms with van der Waals surface area (Å²) in [6.45, 7) is 8.17. The molecule has 1 saturated heterocycles. The zero-order valence-corrected chi connectivity index (χ0v) is 16.4. The number of nitrogens with one attached hydrogen (secondary N) is 1. The second-order valence-electron chi connectivity index (χ2n) is 8.42. The Bertz CT molecular complexity index is 634. The van der Waals surface area contributed by atoms with Gasteiger partial charge in [-0.05, 0) is 81.5 Å². The first-order valence-corrected chi connectivity index (χ1v) is 10.1. The van der Waals surface area contributed by atoms with Gasteiger partial charge in [0, 0.05) is 30.6 Å². The largest absolute Gasteiger partial charge is 0.342 e. The van der Waals surface area contributed by atoms with Crippen LogP contribution in [0.3, 0.4) is 0 Å². The van der Waals surface area contributed by atoms with E-state index < -0.39 is 0 Å². The van der Waals surface area contributed by atoms with Gasteiger partial charge in [0.2, 0.25) is 11.8 Å². The minimum atomic E-state index is 0.0289. The molecule has 4 nitrogen and oxygen atoms in total. The normalized spacial score (nSPS) is 24.3. The molecule has 2 amide bonds. The van der Waals surface area contributed by atoms with Crippen molar-refractivity contribution >= 4 is 17.5 Å². The van der Waals surface area contributed by atoms with Crippen LogP contribution in [0.5, 0.6) is 0 Å². The molecule has 0 radical (unpaired) electrons. The molecule has 0 aromatic heterocycles. The lowest BCUT2D eigenvalue weighted by Crippen LogP contribution is -2.42. The number of aryl methyl sites for hydroxylation is 2. The molecule has 2 fully saturated rings. The summed E-state index contributed by atoms with van der Waals surface area (Å²) in [6.07, 6.45) is 5.57. The van der Waals surface area contributed by atoms with E-state index in [0.717, 1.165) is 74.3 Å². The molecular formula is C22H32N2O2. The Labute approximate surface area is 157 Å². The van der Waals surface area contributed by atoms with Crippen LogP contribution in [0.15, 0.2) is 18.2 Å². The van der Waals surface area contributed by atoms with Gasteiger partial charge < -0.3 is 10.2 Å². The molecule has 0 unspecified atom stereocenters. The SMILES string of the molecule is Cc1cc(C)cc(NC(=O)C2CCC(C(=O)N3CCC(C)CC3)CC2)c1. The van der Waals surface area contributed by atoms with Gasteiger partial charge in [0.1, 0.15) is 0 Å². The highest BCUT2D eigenvalue weighted by molar-refractivity contribution is 5.93. The maximum Gasteiger partial charge on any atom is 0.227 e. The van der Waals surface area contributed by atoms with Crippen LogP contribution in [-0.4, -0.2) is 29.8 Å². The number of nitrogens with zero attached hydrogens (tertiary/aromatic N) is 1. The predicted octanol–water partition coefficient (Wildman–Crippen LogP) is 4.31. The molecule has 0 bridgehead atoms. The van der Waals surface area contributed by atoms with Gasteiger partial charge in [-0.15, -0.1) is 0 Å². The lowest BCUT2D eigenvalue weighted by molar-refractivity contribution is -0.139. The van der Waals surface area contributed by atoms with Crippen molar-refractivity contribution in [2.24, 2.45) is 17.8 Å². The second kappa shape index (κ2) is 8.24. The Kier molecular flexibility index (Phi) is 6.00. The average molecular weight is 357 g/mol. The number of rotatable bonds is 3. The number of benzene rings is 1. The van der Waals surface area contributed by atoms with E-state index >= 15 is 0 Å². The number of hydrogen-bond donors (Lipinski definition) is 1. The van der Waals surface area contributed by atoms with E-state index in [1.54, 1.807) is 0 Å². The Hall–Kier alpha value is -1.84. The van der Waals surface area contributed by atoms with E-state index in [2.05, 4.69) is 23.2 Å². The second-order valence-corrected chi connectivity index (χ2v) is 8.42.